The fourth-order valence-corrected chi connectivity index (χ4v) is 4.27. The van der Waals surface area contributed by atoms with Crippen molar-refractivity contribution >= 4 is 23.2 Å². The van der Waals surface area contributed by atoms with E-state index >= 15 is 0 Å². The number of amides is 1. The lowest BCUT2D eigenvalue weighted by Gasteiger charge is -2.37. The van der Waals surface area contributed by atoms with Crippen molar-refractivity contribution in [3.63, 3.8) is 0 Å². The average Bonchev–Trinajstić information content (AvgIpc) is 2.96. The predicted octanol–water partition coefficient (Wildman–Crippen LogP) is 5.01. The molecule has 1 saturated heterocycles. The van der Waals surface area contributed by atoms with Crippen LogP contribution in [0.1, 0.15) is 56.6 Å². The molecule has 1 amide bonds. The maximum Gasteiger partial charge on any atom is 0.261 e. The van der Waals surface area contributed by atoms with E-state index in [1.165, 1.54) is 25.7 Å². The molecule has 0 aromatic heterocycles. The summed E-state index contributed by atoms with van der Waals surface area (Å²) in [6.07, 6.45) is 7.24. The number of hydrogen-bond donors (Lipinski definition) is 1. The van der Waals surface area contributed by atoms with Crippen LogP contribution < -0.4 is 5.32 Å². The number of hydrogen-bond acceptors (Lipinski definition) is 2. The lowest BCUT2D eigenvalue weighted by atomic mass is 9.81. The molecule has 0 atom stereocenters. The number of unbranched alkanes of at least 4 members (excludes halogenated alkanes) is 5. The maximum atomic E-state index is 13.3. The summed E-state index contributed by atoms with van der Waals surface area (Å²) in [5.41, 5.74) is 1.03. The molecule has 1 aliphatic rings. The Balaban J connectivity index is 1.92. The summed E-state index contributed by atoms with van der Waals surface area (Å²) in [6.45, 7) is 3.00. The summed E-state index contributed by atoms with van der Waals surface area (Å²) in [5.74, 6) is -0.0594. The first-order valence-electron chi connectivity index (χ1n) is 9.95. The Morgan fingerprint density at radius 2 is 1.37 bits per heavy atom. The van der Waals surface area contributed by atoms with Crippen molar-refractivity contribution in [2.24, 2.45) is 0 Å². The van der Waals surface area contributed by atoms with Gasteiger partial charge in [0.1, 0.15) is 0 Å². The molecule has 1 N–H and O–H groups in total. The van der Waals surface area contributed by atoms with Gasteiger partial charge in [-0.15, -0.1) is 0 Å². The van der Waals surface area contributed by atoms with Crippen LogP contribution >= 0.6 is 12.2 Å². The van der Waals surface area contributed by atoms with Crippen molar-refractivity contribution in [1.82, 2.24) is 10.2 Å². The van der Waals surface area contributed by atoms with Crippen LogP contribution in [0.25, 0.3) is 0 Å². The predicted molar refractivity (Wildman–Crippen MR) is 114 cm³/mol. The highest BCUT2D eigenvalue weighted by atomic mass is 32.1. The first-order valence-corrected chi connectivity index (χ1v) is 10.4. The SMILES string of the molecule is CCCCCCCCN1C(=S)NC(=O)C1(c1ccccc1)c1ccccc1. The minimum atomic E-state index is -0.886. The Bertz CT molecular complexity index is 721. The second-order valence-electron chi connectivity index (χ2n) is 7.12. The Morgan fingerprint density at radius 3 is 1.93 bits per heavy atom. The second-order valence-corrected chi connectivity index (χ2v) is 7.51. The highest BCUT2D eigenvalue weighted by Gasteiger charge is 2.53. The smallest absolute Gasteiger partial charge is 0.261 e. The number of nitrogens with zero attached hydrogens (tertiary/aromatic N) is 1. The standard InChI is InChI=1S/C23H28N2OS/c1-2-3-4-5-6-13-18-25-22(27)24-21(26)23(25,19-14-9-7-10-15-19)20-16-11-8-12-17-20/h7-12,14-17H,2-6,13,18H2,1H3,(H,24,26,27). The zero-order valence-corrected chi connectivity index (χ0v) is 16.8. The van der Waals surface area contributed by atoms with Gasteiger partial charge in [0.25, 0.3) is 5.91 Å². The van der Waals surface area contributed by atoms with Gasteiger partial charge in [0.05, 0.1) is 0 Å². The fourth-order valence-electron chi connectivity index (χ4n) is 3.95. The molecular weight excluding hydrogens is 352 g/mol. The molecule has 2 aromatic carbocycles. The van der Waals surface area contributed by atoms with Gasteiger partial charge in [-0.1, -0.05) is 99.7 Å². The lowest BCUT2D eigenvalue weighted by molar-refractivity contribution is -0.125. The molecule has 3 rings (SSSR count). The van der Waals surface area contributed by atoms with Gasteiger partial charge >= 0.3 is 0 Å². The second kappa shape index (κ2) is 9.14. The van der Waals surface area contributed by atoms with Gasteiger partial charge in [0.15, 0.2) is 10.7 Å². The van der Waals surface area contributed by atoms with E-state index in [0.29, 0.717) is 5.11 Å². The van der Waals surface area contributed by atoms with E-state index in [9.17, 15) is 4.79 Å². The van der Waals surface area contributed by atoms with Crippen LogP contribution in [-0.2, 0) is 10.3 Å². The summed E-state index contributed by atoms with van der Waals surface area (Å²) in [5, 5.41) is 3.46. The summed E-state index contributed by atoms with van der Waals surface area (Å²) in [4.78, 5) is 15.3. The van der Waals surface area contributed by atoms with Crippen LogP contribution in [0.5, 0.6) is 0 Å². The molecule has 2 aromatic rings. The van der Waals surface area contributed by atoms with E-state index in [4.69, 9.17) is 12.2 Å². The Morgan fingerprint density at radius 1 is 0.852 bits per heavy atom. The molecule has 0 saturated carbocycles. The number of carbonyl (C=O) groups excluding carboxylic acids is 1. The third-order valence-electron chi connectivity index (χ3n) is 5.32. The Hall–Kier alpha value is -2.20. The Kier molecular flexibility index (Phi) is 6.62. The molecule has 0 unspecified atom stereocenters. The molecule has 1 fully saturated rings. The quantitative estimate of drug-likeness (QED) is 0.490. The number of carbonyl (C=O) groups is 1. The molecule has 0 spiro atoms. The summed E-state index contributed by atoms with van der Waals surface area (Å²) in [6, 6.07) is 20.0. The van der Waals surface area contributed by atoms with Crippen molar-refractivity contribution in [2.75, 3.05) is 6.54 Å². The molecule has 1 heterocycles. The molecule has 142 valence electrons. The largest absolute Gasteiger partial charge is 0.327 e. The van der Waals surface area contributed by atoms with Gasteiger partial charge in [0.2, 0.25) is 0 Å². The lowest BCUT2D eigenvalue weighted by Crippen LogP contribution is -2.48. The van der Waals surface area contributed by atoms with E-state index in [-0.39, 0.29) is 5.91 Å². The summed E-state index contributed by atoms with van der Waals surface area (Å²) in [7, 11) is 0. The average molecular weight is 381 g/mol. The Labute approximate surface area is 167 Å². The molecule has 0 radical (unpaired) electrons. The van der Waals surface area contributed by atoms with Crippen LogP contribution in [0.15, 0.2) is 60.7 Å². The third kappa shape index (κ3) is 3.91. The fraction of sp³-hybridized carbons (Fsp3) is 0.391. The maximum absolute atomic E-state index is 13.3. The van der Waals surface area contributed by atoms with Crippen LogP contribution in [0, 0.1) is 0 Å². The van der Waals surface area contributed by atoms with Gasteiger partial charge < -0.3 is 10.2 Å². The molecule has 3 nitrogen and oxygen atoms in total. The minimum Gasteiger partial charge on any atom is -0.327 e. The van der Waals surface area contributed by atoms with Crippen molar-refractivity contribution in [3.8, 4) is 0 Å². The zero-order valence-electron chi connectivity index (χ0n) is 16.0. The van der Waals surface area contributed by atoms with E-state index in [0.717, 1.165) is 30.5 Å². The van der Waals surface area contributed by atoms with Crippen LogP contribution in [0.3, 0.4) is 0 Å². The van der Waals surface area contributed by atoms with E-state index in [1.807, 2.05) is 60.7 Å². The van der Waals surface area contributed by atoms with E-state index < -0.39 is 5.54 Å². The van der Waals surface area contributed by atoms with Crippen molar-refractivity contribution in [1.29, 1.82) is 0 Å². The van der Waals surface area contributed by atoms with Crippen LogP contribution in [-0.4, -0.2) is 22.5 Å². The topological polar surface area (TPSA) is 32.3 Å². The number of rotatable bonds is 9. The van der Waals surface area contributed by atoms with Gasteiger partial charge in [-0.05, 0) is 29.8 Å². The number of thiocarbonyl (C=S) groups is 1. The first kappa shape index (κ1) is 19.6. The molecule has 0 aliphatic carbocycles. The minimum absolute atomic E-state index is 0.0594. The summed E-state index contributed by atoms with van der Waals surface area (Å²) >= 11 is 5.58. The van der Waals surface area contributed by atoms with Crippen LogP contribution in [0.4, 0.5) is 0 Å². The third-order valence-corrected chi connectivity index (χ3v) is 5.64. The normalized spacial score (nSPS) is 15.8. The zero-order chi connectivity index (χ0) is 19.1. The van der Waals surface area contributed by atoms with Gasteiger partial charge in [0, 0.05) is 6.54 Å². The highest BCUT2D eigenvalue weighted by molar-refractivity contribution is 7.80. The highest BCUT2D eigenvalue weighted by Crippen LogP contribution is 2.40. The number of nitrogens with one attached hydrogen (secondary N) is 1. The molecule has 1 aliphatic heterocycles. The first-order chi connectivity index (χ1) is 13.2. The molecule has 27 heavy (non-hydrogen) atoms. The molecule has 4 heteroatoms. The van der Waals surface area contributed by atoms with Crippen molar-refractivity contribution < 1.29 is 4.79 Å². The van der Waals surface area contributed by atoms with E-state index in [2.05, 4.69) is 17.1 Å². The van der Waals surface area contributed by atoms with Crippen molar-refractivity contribution in [2.45, 2.75) is 51.0 Å². The van der Waals surface area contributed by atoms with Crippen molar-refractivity contribution in [3.05, 3.63) is 71.8 Å². The van der Waals surface area contributed by atoms with E-state index in [1.54, 1.807) is 0 Å². The number of benzene rings is 2. The monoisotopic (exact) mass is 380 g/mol. The molecular formula is C23H28N2OS. The van der Waals surface area contributed by atoms with Gasteiger partial charge in [-0.2, -0.15) is 0 Å². The van der Waals surface area contributed by atoms with Gasteiger partial charge in [-0.3, -0.25) is 4.79 Å². The van der Waals surface area contributed by atoms with Crippen LogP contribution in [0.2, 0.25) is 0 Å². The molecule has 0 bridgehead atoms. The van der Waals surface area contributed by atoms with Gasteiger partial charge in [-0.25, -0.2) is 0 Å². The summed E-state index contributed by atoms with van der Waals surface area (Å²) < 4.78 is 0.